The van der Waals surface area contributed by atoms with Crippen LogP contribution in [0.5, 0.6) is 0 Å². The number of benzene rings is 1. The fourth-order valence-electron chi connectivity index (χ4n) is 1.50. The van der Waals surface area contributed by atoms with Gasteiger partial charge in [0, 0.05) is 18.8 Å². The Bertz CT molecular complexity index is 518. The van der Waals surface area contributed by atoms with E-state index in [0.29, 0.717) is 0 Å². The van der Waals surface area contributed by atoms with E-state index in [1.165, 1.54) is 6.08 Å². The van der Waals surface area contributed by atoms with E-state index in [0.717, 1.165) is 29.4 Å². The fraction of sp³-hybridized carbons (Fsp3) is 0.0769. The van der Waals surface area contributed by atoms with E-state index >= 15 is 0 Å². The fourth-order valence-corrected chi connectivity index (χ4v) is 1.50. The van der Waals surface area contributed by atoms with Gasteiger partial charge in [0.15, 0.2) is 0 Å². The number of aromatic amines is 1. The molecule has 1 heterocycles. The number of aliphatic carboxylic acids is 1. The Morgan fingerprint density at radius 1 is 1.33 bits per heavy atom. The standard InChI is InChI=1S/C13H12N2O2.Na/c16-13(17)6-5-10-1-3-11(4-2-10)9-12-14-7-8-15-12;/h1-8H,9H2,(H,14,15)(H,16,17);/q;+1/p-1. The summed E-state index contributed by atoms with van der Waals surface area (Å²) in [7, 11) is 0. The van der Waals surface area contributed by atoms with Crippen LogP contribution < -0.4 is 34.7 Å². The van der Waals surface area contributed by atoms with Gasteiger partial charge in [0.2, 0.25) is 0 Å². The zero-order valence-corrected chi connectivity index (χ0v) is 12.1. The summed E-state index contributed by atoms with van der Waals surface area (Å²) in [4.78, 5) is 17.4. The monoisotopic (exact) mass is 250 g/mol. The predicted octanol–water partition coefficient (Wildman–Crippen LogP) is -2.23. The summed E-state index contributed by atoms with van der Waals surface area (Å²) in [6.07, 6.45) is 6.75. The normalized spacial score (nSPS) is 10.2. The van der Waals surface area contributed by atoms with Gasteiger partial charge in [0.25, 0.3) is 0 Å². The number of hydrogen-bond donors (Lipinski definition) is 1. The molecule has 0 fully saturated rings. The van der Waals surface area contributed by atoms with Crippen LogP contribution in [0.2, 0.25) is 0 Å². The second-order valence-electron chi connectivity index (χ2n) is 3.61. The second kappa shape index (κ2) is 7.16. The molecular weight excluding hydrogens is 239 g/mol. The van der Waals surface area contributed by atoms with Gasteiger partial charge in [-0.15, -0.1) is 0 Å². The molecule has 0 radical (unpaired) electrons. The predicted molar refractivity (Wildman–Crippen MR) is 61.9 cm³/mol. The van der Waals surface area contributed by atoms with E-state index in [4.69, 9.17) is 0 Å². The van der Waals surface area contributed by atoms with Crippen LogP contribution in [0.25, 0.3) is 6.08 Å². The van der Waals surface area contributed by atoms with Crippen LogP contribution in [0.4, 0.5) is 0 Å². The Balaban J connectivity index is 0.00000162. The van der Waals surface area contributed by atoms with Crippen LogP contribution in [0.1, 0.15) is 17.0 Å². The summed E-state index contributed by atoms with van der Waals surface area (Å²) in [6.45, 7) is 0. The van der Waals surface area contributed by atoms with Gasteiger partial charge in [-0.3, -0.25) is 0 Å². The number of nitrogens with zero attached hydrogens (tertiary/aromatic N) is 1. The minimum absolute atomic E-state index is 0. The second-order valence-corrected chi connectivity index (χ2v) is 3.61. The Kier molecular flexibility index (Phi) is 5.85. The van der Waals surface area contributed by atoms with E-state index in [1.54, 1.807) is 12.4 Å². The third kappa shape index (κ3) is 4.49. The molecule has 2 aromatic rings. The molecule has 1 aromatic heterocycles. The van der Waals surface area contributed by atoms with Crippen molar-refractivity contribution < 1.29 is 39.5 Å². The molecule has 0 aliphatic carbocycles. The average molecular weight is 250 g/mol. The molecule has 5 heteroatoms. The van der Waals surface area contributed by atoms with Crippen molar-refractivity contribution in [1.29, 1.82) is 0 Å². The topological polar surface area (TPSA) is 68.8 Å². The Hall–Kier alpha value is -1.36. The van der Waals surface area contributed by atoms with Crippen LogP contribution in [-0.2, 0) is 11.2 Å². The van der Waals surface area contributed by atoms with E-state index < -0.39 is 5.97 Å². The number of carboxylic acid groups (broad SMARTS) is 1. The largest absolute Gasteiger partial charge is 1.00 e. The molecule has 1 aromatic carbocycles. The first-order chi connectivity index (χ1) is 8.24. The molecule has 4 nitrogen and oxygen atoms in total. The summed E-state index contributed by atoms with van der Waals surface area (Å²) in [6, 6.07) is 7.60. The molecule has 0 spiro atoms. The first-order valence-corrected chi connectivity index (χ1v) is 5.20. The SMILES string of the molecule is O=C([O-])C=Cc1ccc(Cc2ncc[nH]2)cc1.[Na+]. The molecule has 0 aliphatic rings. The van der Waals surface area contributed by atoms with E-state index in [9.17, 15) is 9.90 Å². The Morgan fingerprint density at radius 3 is 2.61 bits per heavy atom. The molecule has 2 rings (SSSR count). The summed E-state index contributed by atoms with van der Waals surface area (Å²) in [5, 5.41) is 10.2. The number of aromatic nitrogens is 2. The van der Waals surface area contributed by atoms with Gasteiger partial charge in [0.05, 0.1) is 5.97 Å². The van der Waals surface area contributed by atoms with E-state index in [-0.39, 0.29) is 29.6 Å². The van der Waals surface area contributed by atoms with Crippen LogP contribution >= 0.6 is 0 Å². The van der Waals surface area contributed by atoms with Crippen molar-refractivity contribution in [3.8, 4) is 0 Å². The quantitative estimate of drug-likeness (QED) is 0.493. The maximum absolute atomic E-state index is 10.2. The van der Waals surface area contributed by atoms with Crippen molar-refractivity contribution in [1.82, 2.24) is 9.97 Å². The molecule has 0 unspecified atom stereocenters. The Morgan fingerprint density at radius 2 is 2.06 bits per heavy atom. The van der Waals surface area contributed by atoms with Crippen LogP contribution in [0.15, 0.2) is 42.7 Å². The number of imidazole rings is 1. The number of carbonyl (C=O) groups excluding carboxylic acids is 1. The molecule has 1 N–H and O–H groups in total. The molecule has 0 atom stereocenters. The van der Waals surface area contributed by atoms with Crippen LogP contribution in [0, 0.1) is 0 Å². The number of H-pyrrole nitrogens is 1. The van der Waals surface area contributed by atoms with Gasteiger partial charge in [0.1, 0.15) is 5.82 Å². The zero-order chi connectivity index (χ0) is 12.1. The van der Waals surface area contributed by atoms with Crippen molar-refractivity contribution in [3.63, 3.8) is 0 Å². The minimum atomic E-state index is -1.19. The first-order valence-electron chi connectivity index (χ1n) is 5.20. The summed E-state index contributed by atoms with van der Waals surface area (Å²) in [5.74, 6) is -0.285. The van der Waals surface area contributed by atoms with Crippen LogP contribution in [0.3, 0.4) is 0 Å². The summed E-state index contributed by atoms with van der Waals surface area (Å²) < 4.78 is 0. The molecule has 0 aliphatic heterocycles. The first kappa shape index (κ1) is 14.7. The number of rotatable bonds is 4. The van der Waals surface area contributed by atoms with E-state index in [1.807, 2.05) is 24.3 Å². The number of hydrogen-bond acceptors (Lipinski definition) is 3. The van der Waals surface area contributed by atoms with Gasteiger partial charge < -0.3 is 14.9 Å². The van der Waals surface area contributed by atoms with Crippen molar-refractivity contribution in [3.05, 3.63) is 59.7 Å². The number of carboxylic acids is 1. The van der Waals surface area contributed by atoms with Gasteiger partial charge in [-0.2, -0.15) is 0 Å². The molecule has 0 amide bonds. The van der Waals surface area contributed by atoms with Crippen molar-refractivity contribution >= 4 is 12.0 Å². The van der Waals surface area contributed by atoms with Crippen molar-refractivity contribution in [2.75, 3.05) is 0 Å². The van der Waals surface area contributed by atoms with E-state index in [2.05, 4.69) is 9.97 Å². The summed E-state index contributed by atoms with van der Waals surface area (Å²) in [5.41, 5.74) is 1.95. The molecule has 0 bridgehead atoms. The molecule has 0 saturated heterocycles. The van der Waals surface area contributed by atoms with Gasteiger partial charge >= 0.3 is 29.6 Å². The molecule has 18 heavy (non-hydrogen) atoms. The van der Waals surface area contributed by atoms with Crippen molar-refractivity contribution in [2.24, 2.45) is 0 Å². The third-order valence-electron chi connectivity index (χ3n) is 2.32. The maximum Gasteiger partial charge on any atom is 1.00 e. The van der Waals surface area contributed by atoms with Gasteiger partial charge in [-0.25, -0.2) is 4.98 Å². The van der Waals surface area contributed by atoms with Gasteiger partial charge in [-0.05, 0) is 17.2 Å². The molecule has 86 valence electrons. The average Bonchev–Trinajstić information content (AvgIpc) is 2.81. The Labute approximate surface area is 127 Å². The molecular formula is C13H11N2NaO2. The van der Waals surface area contributed by atoms with Crippen LogP contribution in [-0.4, -0.2) is 15.9 Å². The minimum Gasteiger partial charge on any atom is -0.545 e. The summed E-state index contributed by atoms with van der Waals surface area (Å²) >= 11 is 0. The smallest absolute Gasteiger partial charge is 0.545 e. The maximum atomic E-state index is 10.2. The third-order valence-corrected chi connectivity index (χ3v) is 2.32. The van der Waals surface area contributed by atoms with Gasteiger partial charge in [-0.1, -0.05) is 30.3 Å². The zero-order valence-electron chi connectivity index (χ0n) is 10.1. The number of nitrogens with one attached hydrogen (secondary N) is 1. The van der Waals surface area contributed by atoms with Crippen molar-refractivity contribution in [2.45, 2.75) is 6.42 Å². The number of carbonyl (C=O) groups is 1. The molecule has 0 saturated carbocycles.